The van der Waals surface area contributed by atoms with E-state index in [0.717, 1.165) is 16.8 Å². The summed E-state index contributed by atoms with van der Waals surface area (Å²) in [5.74, 6) is 0. The molecule has 2 heterocycles. The number of hydrogen-bond acceptors (Lipinski definition) is 3. The highest BCUT2D eigenvalue weighted by atomic mass is 15.3. The van der Waals surface area contributed by atoms with Gasteiger partial charge in [-0.3, -0.25) is 9.67 Å². The second-order valence-electron chi connectivity index (χ2n) is 3.10. The lowest BCUT2D eigenvalue weighted by Gasteiger charge is -1.98. The van der Waals surface area contributed by atoms with Crippen molar-refractivity contribution in [3.8, 4) is 11.1 Å². The van der Waals surface area contributed by atoms with Gasteiger partial charge in [0, 0.05) is 37.7 Å². The summed E-state index contributed by atoms with van der Waals surface area (Å²) in [7, 11) is 1.89. The van der Waals surface area contributed by atoms with Crippen LogP contribution in [0.4, 0.5) is 0 Å². The van der Waals surface area contributed by atoms with Crippen molar-refractivity contribution in [2.45, 2.75) is 6.54 Å². The monoisotopic (exact) mass is 188 g/mol. The normalized spacial score (nSPS) is 10.4. The van der Waals surface area contributed by atoms with Gasteiger partial charge in [0.25, 0.3) is 0 Å². The van der Waals surface area contributed by atoms with E-state index in [1.54, 1.807) is 17.1 Å². The Morgan fingerprint density at radius 3 is 2.71 bits per heavy atom. The van der Waals surface area contributed by atoms with E-state index in [1.165, 1.54) is 0 Å². The largest absolute Gasteiger partial charge is 0.325 e. The lowest BCUT2D eigenvalue weighted by molar-refractivity contribution is 0.742. The summed E-state index contributed by atoms with van der Waals surface area (Å²) >= 11 is 0. The van der Waals surface area contributed by atoms with E-state index in [9.17, 15) is 0 Å². The molecule has 0 aliphatic carbocycles. The zero-order valence-corrected chi connectivity index (χ0v) is 8.01. The molecule has 0 atom stereocenters. The van der Waals surface area contributed by atoms with Crippen molar-refractivity contribution in [1.82, 2.24) is 14.8 Å². The SMILES string of the molecule is Cn1cc(-c2ccncc2)c(CN)n1. The van der Waals surface area contributed by atoms with Crippen LogP contribution in [-0.2, 0) is 13.6 Å². The molecular formula is C10H12N4. The first kappa shape index (κ1) is 8.90. The summed E-state index contributed by atoms with van der Waals surface area (Å²) in [5.41, 5.74) is 8.71. The van der Waals surface area contributed by atoms with Gasteiger partial charge >= 0.3 is 0 Å². The van der Waals surface area contributed by atoms with E-state index in [-0.39, 0.29) is 0 Å². The molecule has 2 rings (SSSR count). The second-order valence-corrected chi connectivity index (χ2v) is 3.10. The number of aryl methyl sites for hydroxylation is 1. The van der Waals surface area contributed by atoms with E-state index >= 15 is 0 Å². The van der Waals surface area contributed by atoms with E-state index < -0.39 is 0 Å². The lowest BCUT2D eigenvalue weighted by atomic mass is 10.1. The Hall–Kier alpha value is -1.68. The van der Waals surface area contributed by atoms with E-state index in [1.807, 2.05) is 25.4 Å². The molecule has 2 aromatic heterocycles. The van der Waals surface area contributed by atoms with E-state index in [2.05, 4.69) is 10.1 Å². The Bertz CT molecular complexity index is 419. The number of hydrogen-bond donors (Lipinski definition) is 1. The van der Waals surface area contributed by atoms with E-state index in [0.29, 0.717) is 6.54 Å². The molecule has 0 bridgehead atoms. The van der Waals surface area contributed by atoms with Crippen LogP contribution in [0.3, 0.4) is 0 Å². The summed E-state index contributed by atoms with van der Waals surface area (Å²) in [4.78, 5) is 3.97. The number of aromatic nitrogens is 3. The zero-order chi connectivity index (χ0) is 9.97. The average Bonchev–Trinajstić information content (AvgIpc) is 2.61. The molecule has 2 aromatic rings. The fourth-order valence-corrected chi connectivity index (χ4v) is 1.46. The quantitative estimate of drug-likeness (QED) is 0.763. The van der Waals surface area contributed by atoms with Gasteiger partial charge in [0.1, 0.15) is 0 Å². The van der Waals surface area contributed by atoms with Crippen molar-refractivity contribution in [3.63, 3.8) is 0 Å². The van der Waals surface area contributed by atoms with Crippen LogP contribution < -0.4 is 5.73 Å². The fraction of sp³-hybridized carbons (Fsp3) is 0.200. The van der Waals surface area contributed by atoms with Gasteiger partial charge in [0.15, 0.2) is 0 Å². The van der Waals surface area contributed by atoms with Crippen LogP contribution in [0.5, 0.6) is 0 Å². The third-order valence-electron chi connectivity index (χ3n) is 2.09. The summed E-state index contributed by atoms with van der Waals surface area (Å²) in [6.07, 6.45) is 5.50. The number of nitrogens with zero attached hydrogens (tertiary/aromatic N) is 3. The minimum atomic E-state index is 0.457. The Morgan fingerprint density at radius 1 is 1.36 bits per heavy atom. The highest BCUT2D eigenvalue weighted by molar-refractivity contribution is 5.64. The number of rotatable bonds is 2. The van der Waals surface area contributed by atoms with Gasteiger partial charge < -0.3 is 5.73 Å². The molecule has 0 radical (unpaired) electrons. The maximum absolute atomic E-state index is 5.61. The van der Waals surface area contributed by atoms with Gasteiger partial charge in [-0.05, 0) is 17.7 Å². The predicted molar refractivity (Wildman–Crippen MR) is 54.3 cm³/mol. The topological polar surface area (TPSA) is 56.7 Å². The standard InChI is InChI=1S/C10H12N4/c1-14-7-9(10(6-11)13-14)8-2-4-12-5-3-8/h2-5,7H,6,11H2,1H3. The first-order chi connectivity index (χ1) is 6.81. The molecule has 0 aliphatic heterocycles. The van der Waals surface area contributed by atoms with Crippen molar-refractivity contribution >= 4 is 0 Å². The van der Waals surface area contributed by atoms with Crippen molar-refractivity contribution in [2.75, 3.05) is 0 Å². The summed E-state index contributed by atoms with van der Waals surface area (Å²) in [6.45, 7) is 0.457. The van der Waals surface area contributed by atoms with Crippen LogP contribution in [0, 0.1) is 0 Å². The minimum absolute atomic E-state index is 0.457. The molecule has 14 heavy (non-hydrogen) atoms. The maximum Gasteiger partial charge on any atom is 0.0838 e. The molecule has 0 amide bonds. The predicted octanol–water partition coefficient (Wildman–Crippen LogP) is 0.941. The summed E-state index contributed by atoms with van der Waals surface area (Å²) in [5, 5.41) is 4.28. The molecule has 4 heteroatoms. The molecule has 72 valence electrons. The van der Waals surface area contributed by atoms with Crippen molar-refractivity contribution in [1.29, 1.82) is 0 Å². The molecular weight excluding hydrogens is 176 g/mol. The second kappa shape index (κ2) is 3.59. The van der Waals surface area contributed by atoms with Crippen molar-refractivity contribution in [2.24, 2.45) is 12.8 Å². The first-order valence-electron chi connectivity index (χ1n) is 4.44. The van der Waals surface area contributed by atoms with Gasteiger partial charge in [-0.1, -0.05) is 0 Å². The van der Waals surface area contributed by atoms with Crippen LogP contribution in [0.25, 0.3) is 11.1 Å². The molecule has 0 saturated carbocycles. The smallest absolute Gasteiger partial charge is 0.0838 e. The molecule has 0 aromatic carbocycles. The summed E-state index contributed by atoms with van der Waals surface area (Å²) in [6, 6.07) is 3.91. The average molecular weight is 188 g/mol. The van der Waals surface area contributed by atoms with Crippen LogP contribution in [0.2, 0.25) is 0 Å². The Balaban J connectivity index is 2.51. The van der Waals surface area contributed by atoms with Gasteiger partial charge in [0.05, 0.1) is 5.69 Å². The van der Waals surface area contributed by atoms with Crippen LogP contribution >= 0.6 is 0 Å². The fourth-order valence-electron chi connectivity index (χ4n) is 1.46. The van der Waals surface area contributed by atoms with Crippen molar-refractivity contribution in [3.05, 3.63) is 36.4 Å². The van der Waals surface area contributed by atoms with Crippen molar-refractivity contribution < 1.29 is 0 Å². The summed E-state index contributed by atoms with van der Waals surface area (Å²) < 4.78 is 1.78. The molecule has 4 nitrogen and oxygen atoms in total. The Kier molecular flexibility index (Phi) is 2.28. The molecule has 0 aliphatic rings. The minimum Gasteiger partial charge on any atom is -0.325 e. The highest BCUT2D eigenvalue weighted by Crippen LogP contribution is 2.21. The van der Waals surface area contributed by atoms with Crippen LogP contribution in [0.1, 0.15) is 5.69 Å². The van der Waals surface area contributed by atoms with Crippen LogP contribution in [-0.4, -0.2) is 14.8 Å². The molecule has 0 fully saturated rings. The van der Waals surface area contributed by atoms with Crippen LogP contribution in [0.15, 0.2) is 30.7 Å². The lowest BCUT2D eigenvalue weighted by Crippen LogP contribution is -1.99. The first-order valence-corrected chi connectivity index (χ1v) is 4.44. The van der Waals surface area contributed by atoms with E-state index in [4.69, 9.17) is 5.73 Å². The van der Waals surface area contributed by atoms with Gasteiger partial charge in [0.2, 0.25) is 0 Å². The third-order valence-corrected chi connectivity index (χ3v) is 2.09. The van der Waals surface area contributed by atoms with Gasteiger partial charge in [-0.15, -0.1) is 0 Å². The molecule has 0 unspecified atom stereocenters. The number of nitrogens with two attached hydrogens (primary N) is 1. The molecule has 0 spiro atoms. The van der Waals surface area contributed by atoms with Gasteiger partial charge in [-0.25, -0.2) is 0 Å². The Morgan fingerprint density at radius 2 is 2.07 bits per heavy atom. The highest BCUT2D eigenvalue weighted by Gasteiger charge is 2.07. The maximum atomic E-state index is 5.61. The van der Waals surface area contributed by atoms with Gasteiger partial charge in [-0.2, -0.15) is 5.10 Å². The molecule has 0 saturated heterocycles. The number of pyridine rings is 1. The zero-order valence-electron chi connectivity index (χ0n) is 8.01. The molecule has 2 N–H and O–H groups in total. The third kappa shape index (κ3) is 1.52. The Labute approximate surface area is 82.4 Å².